The Balaban J connectivity index is 1.63. The summed E-state index contributed by atoms with van der Waals surface area (Å²) >= 11 is 0. The first kappa shape index (κ1) is 18.4. The number of nitro benzene ring substituents is 1. The number of hydrogen-bond acceptors (Lipinski definition) is 7. The molecule has 146 valence electrons. The second kappa shape index (κ2) is 6.55. The standard InChI is InChI=1S/C18H18N4O5S/c1-11-15(12(2)21(20-11)14-7-8-28(25,26)10-14)4-6-18-19-16-9-13(22(23)24)3-5-17(16)27-18/h3-6,9,14H,7-8,10H2,1-2H3/b6-4+/t14-/m1/s1. The van der Waals surface area contributed by atoms with Gasteiger partial charge in [-0.2, -0.15) is 5.10 Å². The average molecular weight is 402 g/mol. The minimum absolute atomic E-state index is 0.0455. The van der Waals surface area contributed by atoms with Crippen LogP contribution in [-0.2, 0) is 9.84 Å². The molecule has 2 aromatic heterocycles. The summed E-state index contributed by atoms with van der Waals surface area (Å²) in [5.41, 5.74) is 3.36. The Labute approximate surface area is 160 Å². The van der Waals surface area contributed by atoms with Gasteiger partial charge in [0.25, 0.3) is 5.69 Å². The van der Waals surface area contributed by atoms with Crippen molar-refractivity contribution in [2.45, 2.75) is 26.3 Å². The first-order valence-electron chi connectivity index (χ1n) is 8.73. The maximum absolute atomic E-state index is 11.8. The van der Waals surface area contributed by atoms with Crippen LogP contribution in [0.2, 0.25) is 0 Å². The van der Waals surface area contributed by atoms with Crippen LogP contribution in [-0.4, -0.2) is 39.6 Å². The summed E-state index contributed by atoms with van der Waals surface area (Å²) in [5, 5.41) is 15.4. The van der Waals surface area contributed by atoms with Crippen molar-refractivity contribution in [3.05, 3.63) is 51.2 Å². The van der Waals surface area contributed by atoms with Gasteiger partial charge in [0.15, 0.2) is 15.4 Å². The lowest BCUT2D eigenvalue weighted by Gasteiger charge is -2.10. The third kappa shape index (κ3) is 3.31. The molecule has 9 nitrogen and oxygen atoms in total. The average Bonchev–Trinajstić information content (AvgIpc) is 3.28. The maximum atomic E-state index is 11.8. The first-order chi connectivity index (χ1) is 13.2. The van der Waals surface area contributed by atoms with Crippen LogP contribution in [0.4, 0.5) is 5.69 Å². The topological polar surface area (TPSA) is 121 Å². The Morgan fingerprint density at radius 2 is 2.11 bits per heavy atom. The van der Waals surface area contributed by atoms with Crippen LogP contribution in [0.5, 0.6) is 0 Å². The largest absolute Gasteiger partial charge is 0.437 e. The Morgan fingerprint density at radius 1 is 1.32 bits per heavy atom. The van der Waals surface area contributed by atoms with Crippen molar-refractivity contribution in [3.63, 3.8) is 0 Å². The summed E-state index contributed by atoms with van der Waals surface area (Å²) < 4.78 is 30.9. The van der Waals surface area contributed by atoms with Gasteiger partial charge < -0.3 is 4.42 Å². The van der Waals surface area contributed by atoms with Crippen molar-refractivity contribution >= 4 is 38.8 Å². The quantitative estimate of drug-likeness (QED) is 0.485. The molecule has 1 aliphatic rings. The number of rotatable bonds is 4. The summed E-state index contributed by atoms with van der Waals surface area (Å²) in [6.07, 6.45) is 4.06. The number of aromatic nitrogens is 3. The van der Waals surface area contributed by atoms with Crippen molar-refractivity contribution in [2.75, 3.05) is 11.5 Å². The Bertz CT molecular complexity index is 1220. The molecule has 1 atom stereocenters. The molecular weight excluding hydrogens is 384 g/mol. The molecule has 0 N–H and O–H groups in total. The highest BCUT2D eigenvalue weighted by atomic mass is 32.2. The van der Waals surface area contributed by atoms with E-state index in [4.69, 9.17) is 4.42 Å². The van der Waals surface area contributed by atoms with E-state index in [0.29, 0.717) is 23.4 Å². The molecule has 0 aliphatic carbocycles. The number of nitrogens with zero attached hydrogens (tertiary/aromatic N) is 4. The van der Waals surface area contributed by atoms with Crippen LogP contribution in [0, 0.1) is 24.0 Å². The van der Waals surface area contributed by atoms with Gasteiger partial charge in [0.2, 0.25) is 5.89 Å². The summed E-state index contributed by atoms with van der Waals surface area (Å²) in [6.45, 7) is 3.77. The number of benzene rings is 1. The van der Waals surface area contributed by atoms with Crippen LogP contribution in [0.1, 0.15) is 35.3 Å². The van der Waals surface area contributed by atoms with Gasteiger partial charge in [-0.05, 0) is 32.4 Å². The Hall–Kier alpha value is -3.01. The number of nitro groups is 1. The van der Waals surface area contributed by atoms with E-state index in [1.165, 1.54) is 18.2 Å². The molecule has 0 unspecified atom stereocenters. The molecule has 1 saturated heterocycles. The van der Waals surface area contributed by atoms with E-state index >= 15 is 0 Å². The van der Waals surface area contributed by atoms with Crippen LogP contribution in [0.25, 0.3) is 23.3 Å². The van der Waals surface area contributed by atoms with Crippen LogP contribution in [0.3, 0.4) is 0 Å². The molecule has 0 amide bonds. The molecule has 0 radical (unpaired) electrons. The predicted octanol–water partition coefficient (Wildman–Crippen LogP) is 3.08. The molecule has 1 fully saturated rings. The van der Waals surface area contributed by atoms with Gasteiger partial charge in [0.05, 0.1) is 28.2 Å². The van der Waals surface area contributed by atoms with E-state index in [-0.39, 0.29) is 23.2 Å². The van der Waals surface area contributed by atoms with Crippen molar-refractivity contribution in [1.29, 1.82) is 0 Å². The zero-order valence-corrected chi connectivity index (χ0v) is 16.1. The molecule has 28 heavy (non-hydrogen) atoms. The summed E-state index contributed by atoms with van der Waals surface area (Å²) in [6, 6.07) is 4.11. The van der Waals surface area contributed by atoms with E-state index in [0.717, 1.165) is 17.0 Å². The molecule has 0 spiro atoms. The Kier molecular flexibility index (Phi) is 4.30. The van der Waals surface area contributed by atoms with Crippen LogP contribution < -0.4 is 0 Å². The zero-order valence-electron chi connectivity index (χ0n) is 15.3. The number of fused-ring (bicyclic) bond motifs is 1. The lowest BCUT2D eigenvalue weighted by molar-refractivity contribution is -0.384. The van der Waals surface area contributed by atoms with Gasteiger partial charge in [-0.25, -0.2) is 13.4 Å². The highest BCUT2D eigenvalue weighted by Gasteiger charge is 2.31. The van der Waals surface area contributed by atoms with Gasteiger partial charge in [-0.15, -0.1) is 0 Å². The maximum Gasteiger partial charge on any atom is 0.271 e. The van der Waals surface area contributed by atoms with Gasteiger partial charge >= 0.3 is 0 Å². The smallest absolute Gasteiger partial charge is 0.271 e. The van der Waals surface area contributed by atoms with Crippen molar-refractivity contribution in [1.82, 2.24) is 14.8 Å². The lowest BCUT2D eigenvalue weighted by Crippen LogP contribution is -2.13. The molecular formula is C18H18N4O5S. The second-order valence-electron chi connectivity index (χ2n) is 6.88. The SMILES string of the molecule is Cc1nn([C@@H]2CCS(=O)(=O)C2)c(C)c1/C=C/c1nc2cc([N+](=O)[O-])ccc2o1. The van der Waals surface area contributed by atoms with E-state index in [9.17, 15) is 18.5 Å². The van der Waals surface area contributed by atoms with E-state index in [1.54, 1.807) is 10.8 Å². The fourth-order valence-corrected chi connectivity index (χ4v) is 5.21. The summed E-state index contributed by atoms with van der Waals surface area (Å²) in [7, 11) is -3.00. The number of non-ortho nitro benzene ring substituents is 1. The fraction of sp³-hybridized carbons (Fsp3) is 0.333. The summed E-state index contributed by atoms with van der Waals surface area (Å²) in [5.74, 6) is 0.628. The lowest BCUT2D eigenvalue weighted by atomic mass is 10.1. The van der Waals surface area contributed by atoms with Gasteiger partial charge in [-0.3, -0.25) is 14.8 Å². The third-order valence-corrected chi connectivity index (χ3v) is 6.68. The van der Waals surface area contributed by atoms with Crippen LogP contribution in [0.15, 0.2) is 22.6 Å². The number of sulfone groups is 1. The number of aryl methyl sites for hydroxylation is 1. The highest BCUT2D eigenvalue weighted by molar-refractivity contribution is 7.91. The minimum Gasteiger partial charge on any atom is -0.437 e. The van der Waals surface area contributed by atoms with Crippen molar-refractivity contribution in [2.24, 2.45) is 0 Å². The molecule has 3 heterocycles. The molecule has 0 bridgehead atoms. The molecule has 4 rings (SSSR count). The zero-order chi connectivity index (χ0) is 20.1. The number of oxazole rings is 1. The number of hydrogen-bond donors (Lipinski definition) is 0. The molecule has 1 aromatic carbocycles. The predicted molar refractivity (Wildman–Crippen MR) is 104 cm³/mol. The van der Waals surface area contributed by atoms with Crippen LogP contribution >= 0.6 is 0 Å². The fourth-order valence-electron chi connectivity index (χ4n) is 3.51. The van der Waals surface area contributed by atoms with E-state index in [2.05, 4.69) is 10.1 Å². The third-order valence-electron chi connectivity index (χ3n) is 4.93. The van der Waals surface area contributed by atoms with Crippen molar-refractivity contribution < 1.29 is 17.8 Å². The second-order valence-corrected chi connectivity index (χ2v) is 9.11. The van der Waals surface area contributed by atoms with Gasteiger partial charge in [0, 0.05) is 29.5 Å². The molecule has 10 heteroatoms. The molecule has 3 aromatic rings. The first-order valence-corrected chi connectivity index (χ1v) is 10.5. The molecule has 1 aliphatic heterocycles. The monoisotopic (exact) mass is 402 g/mol. The Morgan fingerprint density at radius 3 is 2.79 bits per heavy atom. The van der Waals surface area contributed by atoms with E-state index < -0.39 is 14.8 Å². The minimum atomic E-state index is -3.00. The highest BCUT2D eigenvalue weighted by Crippen LogP contribution is 2.28. The van der Waals surface area contributed by atoms with Gasteiger partial charge in [-0.1, -0.05) is 0 Å². The summed E-state index contributed by atoms with van der Waals surface area (Å²) in [4.78, 5) is 14.7. The normalized spacial score (nSPS) is 19.0. The van der Waals surface area contributed by atoms with Crippen molar-refractivity contribution in [3.8, 4) is 0 Å². The molecule has 0 saturated carbocycles. The van der Waals surface area contributed by atoms with E-state index in [1.807, 2.05) is 19.9 Å². The van der Waals surface area contributed by atoms with Gasteiger partial charge in [0.1, 0.15) is 5.52 Å².